The molecule has 7 rings (SSSR count). The Morgan fingerprint density at radius 2 is 1.73 bits per heavy atom. The molecule has 0 aliphatic carbocycles. The van der Waals surface area contributed by atoms with E-state index in [4.69, 9.17) is 4.98 Å². The van der Waals surface area contributed by atoms with Crippen molar-refractivity contribution in [3.8, 4) is 33.0 Å². The highest BCUT2D eigenvalue weighted by Gasteiger charge is 2.28. The lowest BCUT2D eigenvalue weighted by Crippen LogP contribution is -2.33. The number of carbonyl (C=O) groups is 2. The summed E-state index contributed by atoms with van der Waals surface area (Å²) in [5.41, 5.74) is 6.97. The molecule has 0 atom stereocenters. The number of hydrogen-bond donors (Lipinski definition) is 2. The van der Waals surface area contributed by atoms with Crippen molar-refractivity contribution in [3.63, 3.8) is 0 Å². The first-order valence-corrected chi connectivity index (χ1v) is 15.0. The molecule has 0 spiro atoms. The number of aromatic amines is 1. The number of hydrogen-bond acceptors (Lipinski definition) is 5. The van der Waals surface area contributed by atoms with Gasteiger partial charge in [-0.05, 0) is 54.8 Å². The van der Waals surface area contributed by atoms with E-state index in [0.29, 0.717) is 34.8 Å². The largest absolute Gasteiger partial charge is 0.319 e. The number of amides is 2. The molecule has 1 aliphatic heterocycles. The number of benzene rings is 3. The van der Waals surface area contributed by atoms with E-state index in [1.807, 2.05) is 72.8 Å². The van der Waals surface area contributed by atoms with E-state index in [1.165, 1.54) is 17.4 Å². The van der Waals surface area contributed by atoms with Crippen LogP contribution in [0.15, 0.2) is 103 Å². The van der Waals surface area contributed by atoms with Crippen LogP contribution in [0, 0.1) is 12.7 Å². The second kappa shape index (κ2) is 11.3. The molecule has 3 aromatic heterocycles. The Bertz CT molecular complexity index is 2010. The quantitative estimate of drug-likeness (QED) is 0.212. The molecule has 0 radical (unpaired) electrons. The van der Waals surface area contributed by atoms with E-state index in [1.54, 1.807) is 36.2 Å². The summed E-state index contributed by atoms with van der Waals surface area (Å²) in [5, 5.41) is 10.0. The van der Waals surface area contributed by atoms with Gasteiger partial charge >= 0.3 is 0 Å². The number of nitrogens with one attached hydrogen (secondary N) is 2. The molecule has 0 saturated heterocycles. The Balaban J connectivity index is 1.19. The van der Waals surface area contributed by atoms with Gasteiger partial charge in [0, 0.05) is 28.1 Å². The van der Waals surface area contributed by atoms with Gasteiger partial charge in [-0.15, -0.1) is 11.3 Å². The highest BCUT2D eigenvalue weighted by atomic mass is 32.1. The van der Waals surface area contributed by atoms with Gasteiger partial charge in [-0.3, -0.25) is 14.7 Å². The smallest absolute Gasteiger partial charge is 0.276 e. The first-order valence-electron chi connectivity index (χ1n) is 14.1. The van der Waals surface area contributed by atoms with Crippen LogP contribution in [0.4, 0.5) is 15.8 Å². The number of anilines is 2. The summed E-state index contributed by atoms with van der Waals surface area (Å²) >= 11 is 1.34. The van der Waals surface area contributed by atoms with Gasteiger partial charge in [0.15, 0.2) is 0 Å². The topological polar surface area (TPSA) is 91.0 Å². The Hall–Kier alpha value is -5.41. The summed E-state index contributed by atoms with van der Waals surface area (Å²) < 4.78 is 14.4. The molecule has 2 amide bonds. The minimum absolute atomic E-state index is 0.180. The lowest BCUT2D eigenvalue weighted by molar-refractivity contribution is 0.0981. The minimum Gasteiger partial charge on any atom is -0.319 e. The zero-order valence-corrected chi connectivity index (χ0v) is 24.5. The number of thiophene rings is 1. The van der Waals surface area contributed by atoms with Gasteiger partial charge in [0.2, 0.25) is 0 Å². The number of nitrogens with zero attached hydrogens (tertiary/aromatic N) is 3. The van der Waals surface area contributed by atoms with E-state index in [0.717, 1.165) is 38.5 Å². The minimum atomic E-state index is -0.474. The second-order valence-corrected chi connectivity index (χ2v) is 11.6. The maximum absolute atomic E-state index is 14.4. The van der Waals surface area contributed by atoms with Gasteiger partial charge in [0.05, 0.1) is 33.8 Å². The van der Waals surface area contributed by atoms with Gasteiger partial charge < -0.3 is 10.2 Å². The van der Waals surface area contributed by atoms with Crippen molar-refractivity contribution < 1.29 is 14.0 Å². The van der Waals surface area contributed by atoms with Gasteiger partial charge in [0.25, 0.3) is 11.8 Å². The SMILES string of the molecule is Cc1cccc(F)c1NC(=O)c1cc2c(s1)-c1ccccc1N(C(=O)c1cccc(-c3cn[nH]c3-c3ccccc3)n1)CC2. The number of aromatic nitrogens is 3. The van der Waals surface area contributed by atoms with Crippen LogP contribution in [0.3, 0.4) is 0 Å². The third-order valence-corrected chi connectivity index (χ3v) is 8.94. The molecule has 3 aromatic carbocycles. The molecule has 4 heterocycles. The molecule has 7 nitrogen and oxygen atoms in total. The van der Waals surface area contributed by atoms with Crippen molar-refractivity contribution in [1.29, 1.82) is 0 Å². The Labute approximate surface area is 257 Å². The third-order valence-electron chi connectivity index (χ3n) is 7.73. The van der Waals surface area contributed by atoms with Crippen molar-refractivity contribution in [2.24, 2.45) is 0 Å². The van der Waals surface area contributed by atoms with Crippen LogP contribution in [0.25, 0.3) is 33.0 Å². The van der Waals surface area contributed by atoms with Crippen LogP contribution in [0.1, 0.15) is 31.3 Å². The van der Waals surface area contributed by atoms with E-state index in [2.05, 4.69) is 15.5 Å². The lowest BCUT2D eigenvalue weighted by Gasteiger charge is -2.23. The van der Waals surface area contributed by atoms with Crippen LogP contribution >= 0.6 is 11.3 Å². The first-order chi connectivity index (χ1) is 21.5. The lowest BCUT2D eigenvalue weighted by atomic mass is 10.1. The van der Waals surface area contributed by atoms with Gasteiger partial charge in [-0.2, -0.15) is 5.10 Å². The molecule has 0 unspecified atom stereocenters. The summed E-state index contributed by atoms with van der Waals surface area (Å²) in [4.78, 5) is 35.2. The standard InChI is InChI=1S/C35H26FN5O2S/c1-21-9-7-13-26(36)31(21)39-34(42)30-19-23-17-18-41(29-16-6-5-12-24(29)33(23)44-30)35(43)28-15-8-14-27(38-28)25-20-37-40-32(25)22-10-3-2-4-11-22/h2-16,19-20H,17-18H2,1H3,(H,37,40)(H,39,42). The van der Waals surface area contributed by atoms with Crippen molar-refractivity contribution >= 4 is 34.5 Å². The predicted molar refractivity (Wildman–Crippen MR) is 171 cm³/mol. The van der Waals surface area contributed by atoms with Crippen LogP contribution in [0.5, 0.6) is 0 Å². The molecule has 44 heavy (non-hydrogen) atoms. The Morgan fingerprint density at radius 3 is 2.57 bits per heavy atom. The normalized spacial score (nSPS) is 12.3. The molecule has 0 bridgehead atoms. The van der Waals surface area contributed by atoms with Gasteiger partial charge in [0.1, 0.15) is 11.5 Å². The van der Waals surface area contributed by atoms with Crippen LogP contribution < -0.4 is 10.2 Å². The number of H-pyrrole nitrogens is 1. The number of halogens is 1. The number of carbonyl (C=O) groups excluding carboxylic acids is 2. The maximum atomic E-state index is 14.4. The Kier molecular flexibility index (Phi) is 7.07. The molecule has 6 aromatic rings. The van der Waals surface area contributed by atoms with E-state index in [9.17, 15) is 14.0 Å². The van der Waals surface area contributed by atoms with Crippen molar-refractivity contribution in [2.45, 2.75) is 13.3 Å². The van der Waals surface area contributed by atoms with Gasteiger partial charge in [-0.25, -0.2) is 9.37 Å². The summed E-state index contributed by atoms with van der Waals surface area (Å²) in [6.45, 7) is 2.16. The number of pyridine rings is 1. The summed E-state index contributed by atoms with van der Waals surface area (Å²) in [6.07, 6.45) is 2.26. The fourth-order valence-electron chi connectivity index (χ4n) is 5.53. The molecular weight excluding hydrogens is 573 g/mol. The molecule has 216 valence electrons. The zero-order valence-electron chi connectivity index (χ0n) is 23.7. The van der Waals surface area contributed by atoms with Crippen molar-refractivity contribution in [2.75, 3.05) is 16.8 Å². The Morgan fingerprint density at radius 1 is 0.932 bits per heavy atom. The number of fused-ring (bicyclic) bond motifs is 3. The molecule has 2 N–H and O–H groups in total. The van der Waals surface area contributed by atoms with E-state index in [-0.39, 0.29) is 17.5 Å². The van der Waals surface area contributed by atoms with E-state index < -0.39 is 5.82 Å². The van der Waals surface area contributed by atoms with E-state index >= 15 is 0 Å². The first kappa shape index (κ1) is 27.4. The number of para-hydroxylation sites is 2. The highest BCUT2D eigenvalue weighted by molar-refractivity contribution is 7.17. The summed E-state index contributed by atoms with van der Waals surface area (Å²) in [6, 6.07) is 29.5. The fraction of sp³-hybridized carbons (Fsp3) is 0.0857. The average Bonchev–Trinajstić information content (AvgIpc) is 3.69. The molecule has 0 fully saturated rings. The molecular formula is C35H26FN5O2S. The van der Waals surface area contributed by atoms with Crippen molar-refractivity contribution in [3.05, 3.63) is 131 Å². The molecule has 9 heteroatoms. The van der Waals surface area contributed by atoms with Crippen molar-refractivity contribution in [1.82, 2.24) is 15.2 Å². The number of rotatable bonds is 5. The maximum Gasteiger partial charge on any atom is 0.276 e. The van der Waals surface area contributed by atoms with Crippen LogP contribution in [-0.2, 0) is 6.42 Å². The third kappa shape index (κ3) is 4.97. The summed E-state index contributed by atoms with van der Waals surface area (Å²) in [5.74, 6) is -1.05. The zero-order chi connectivity index (χ0) is 30.2. The average molecular weight is 600 g/mol. The predicted octanol–water partition coefficient (Wildman–Crippen LogP) is 7.77. The van der Waals surface area contributed by atoms with Crippen LogP contribution in [-0.4, -0.2) is 33.5 Å². The monoisotopic (exact) mass is 599 g/mol. The molecule has 1 aliphatic rings. The second-order valence-electron chi connectivity index (χ2n) is 10.5. The van der Waals surface area contributed by atoms with Gasteiger partial charge in [-0.1, -0.05) is 66.7 Å². The highest BCUT2D eigenvalue weighted by Crippen LogP contribution is 2.42. The van der Waals surface area contributed by atoms with Crippen LogP contribution in [0.2, 0.25) is 0 Å². The number of aryl methyl sites for hydroxylation is 1. The molecule has 0 saturated carbocycles. The fourth-order valence-corrected chi connectivity index (χ4v) is 6.67. The summed E-state index contributed by atoms with van der Waals surface area (Å²) in [7, 11) is 0.